The molecule has 0 spiro atoms. The van der Waals surface area contributed by atoms with Crippen molar-refractivity contribution in [2.45, 2.75) is 0 Å². The van der Waals surface area contributed by atoms with E-state index in [9.17, 15) is 0 Å². The van der Waals surface area contributed by atoms with Crippen LogP contribution in [0.15, 0.2) is 0 Å². The van der Waals surface area contributed by atoms with Crippen molar-refractivity contribution in [2.24, 2.45) is 0 Å². The van der Waals surface area contributed by atoms with Gasteiger partial charge in [0.1, 0.15) is 0 Å². The van der Waals surface area contributed by atoms with E-state index in [1.165, 1.54) is 0 Å². The van der Waals surface area contributed by atoms with Crippen LogP contribution in [0.5, 0.6) is 0 Å². The summed E-state index contributed by atoms with van der Waals surface area (Å²) in [5, 5.41) is 0. The van der Waals surface area contributed by atoms with E-state index in [-0.39, 0.29) is 17.1 Å². The molecule has 0 N–H and O–H groups in total. The average Bonchev–Trinajstić information content (AvgIpc) is 1.50. The quantitative estimate of drug-likeness (QED) is 0.341. The van der Waals surface area contributed by atoms with Crippen LogP contribution in [0.1, 0.15) is 0 Å². The predicted molar refractivity (Wildman–Crippen MR) is 17.3 cm³/mol. The zero-order valence-corrected chi connectivity index (χ0v) is 12.0. The van der Waals surface area contributed by atoms with Crippen molar-refractivity contribution >= 4 is 30.1 Å². The van der Waals surface area contributed by atoms with Gasteiger partial charge in [0, 0.05) is 17.1 Å². The second-order valence-electron chi connectivity index (χ2n) is 0. The second-order valence-corrected chi connectivity index (χ2v) is 0. The molecular weight excluding hydrogens is 541 g/mol. The molecular formula is Eu2Se3. The molecule has 0 aromatic rings. The molecule has 0 aromatic carbocycles. The van der Waals surface area contributed by atoms with E-state index in [0.29, 0.717) is 0 Å². The summed E-state index contributed by atoms with van der Waals surface area (Å²) >= 11 is 3.19. The molecule has 5 heavy (non-hydrogen) atoms. The monoisotopic (exact) mass is 546 g/mol. The molecule has 0 bridgehead atoms. The van der Waals surface area contributed by atoms with Gasteiger partial charge in [-0.05, 0) is 0 Å². The molecule has 0 aliphatic heterocycles. The van der Waals surface area contributed by atoms with Crippen molar-refractivity contribution in [1.82, 2.24) is 0 Å². The molecule has 2 radical (unpaired) electrons. The molecule has 0 saturated carbocycles. The third-order valence-corrected chi connectivity index (χ3v) is 0. The standard InChI is InChI=1S/2Eu.3Se. The van der Waals surface area contributed by atoms with Gasteiger partial charge < -0.3 is 0 Å². The Morgan fingerprint density at radius 2 is 0.800 bits per heavy atom. The second kappa shape index (κ2) is 23.3. The minimum atomic E-state index is 0. The van der Waals surface area contributed by atoms with E-state index in [4.69, 9.17) is 0 Å². The first-order valence-corrected chi connectivity index (χ1v) is 11.9. The molecule has 0 unspecified atom stereocenters. The average molecular weight is 541 g/mol. The molecule has 0 nitrogen and oxygen atoms in total. The Bertz CT molecular complexity index is 6.85. The Hall–Kier alpha value is 4.73. The van der Waals surface area contributed by atoms with Crippen LogP contribution in [-0.2, 0) is 0 Å². The van der Waals surface area contributed by atoms with Crippen LogP contribution in [-0.4, -0.2) is 30.1 Å². The summed E-state index contributed by atoms with van der Waals surface area (Å²) in [7, 11) is 0. The molecule has 0 rings (SSSR count). The first-order chi connectivity index (χ1) is 2.00. The molecule has 0 aliphatic carbocycles. The maximum atomic E-state index is 2.68. The predicted octanol–water partition coefficient (Wildman–Crippen LogP) is -1.14. The zero-order valence-electron chi connectivity index (χ0n) is 1.98. The number of rotatable bonds is 0. The fraction of sp³-hybridized carbons (Fsp3) is 0. The minimum absolute atomic E-state index is 0. The third kappa shape index (κ3) is 17.7. The van der Waals surface area contributed by atoms with Crippen LogP contribution in [0.2, 0.25) is 0 Å². The van der Waals surface area contributed by atoms with E-state index in [2.05, 4.69) is 13.0 Å². The van der Waals surface area contributed by atoms with Crippen molar-refractivity contribution in [3.63, 3.8) is 0 Å². The molecule has 0 fully saturated rings. The Morgan fingerprint density at radius 3 is 0.800 bits per heavy atom. The SMILES string of the molecule is [Se].[Se]=[Eu].[Se]=[Eu]. The van der Waals surface area contributed by atoms with Gasteiger partial charge in [0.25, 0.3) is 0 Å². The van der Waals surface area contributed by atoms with Gasteiger partial charge in [-0.15, -0.1) is 0 Å². The van der Waals surface area contributed by atoms with Crippen LogP contribution in [0.25, 0.3) is 0 Å². The summed E-state index contributed by atoms with van der Waals surface area (Å²) in [6.45, 7) is 5.36. The van der Waals surface area contributed by atoms with Crippen LogP contribution in [0.4, 0.5) is 0 Å². The Labute approximate surface area is 111 Å². The molecule has 0 atom stereocenters. The fourth-order valence-electron chi connectivity index (χ4n) is 0. The van der Waals surface area contributed by atoms with Crippen molar-refractivity contribution in [1.29, 1.82) is 0 Å². The van der Waals surface area contributed by atoms with E-state index < -0.39 is 0 Å². The van der Waals surface area contributed by atoms with Crippen LogP contribution < -0.4 is 0 Å². The first kappa shape index (κ1) is 16.4. The third-order valence-electron chi connectivity index (χ3n) is 0. The maximum absolute atomic E-state index is 2.68. The molecule has 0 heterocycles. The molecule has 5 heteroatoms. The van der Waals surface area contributed by atoms with Gasteiger partial charge in [0.05, 0.1) is 0 Å². The fourth-order valence-corrected chi connectivity index (χ4v) is 0. The van der Waals surface area contributed by atoms with Crippen LogP contribution >= 0.6 is 0 Å². The molecule has 32 valence electrons. The van der Waals surface area contributed by atoms with Gasteiger partial charge >= 0.3 is 98.6 Å². The topological polar surface area (TPSA) is 0 Å². The van der Waals surface area contributed by atoms with Crippen molar-refractivity contribution < 1.29 is 85.6 Å². The Kier molecular flexibility index (Phi) is 76.4. The van der Waals surface area contributed by atoms with Gasteiger partial charge in [0.2, 0.25) is 0 Å². The van der Waals surface area contributed by atoms with Crippen LogP contribution in [0, 0.1) is 85.6 Å². The Balaban J connectivity index is -0.0000000133. The summed E-state index contributed by atoms with van der Waals surface area (Å²) < 4.78 is 0. The number of hydrogen-bond acceptors (Lipinski definition) is 0. The van der Waals surface area contributed by atoms with Gasteiger partial charge in [-0.2, -0.15) is 0 Å². The van der Waals surface area contributed by atoms with Crippen molar-refractivity contribution in [2.75, 3.05) is 0 Å². The molecule has 0 amide bonds. The van der Waals surface area contributed by atoms with E-state index >= 15 is 0 Å². The summed E-state index contributed by atoms with van der Waals surface area (Å²) in [4.78, 5) is 0. The summed E-state index contributed by atoms with van der Waals surface area (Å²) in [5.74, 6) is 0. The summed E-state index contributed by atoms with van der Waals surface area (Å²) in [6, 6.07) is 0. The van der Waals surface area contributed by atoms with E-state index in [1.807, 2.05) is 0 Å². The van der Waals surface area contributed by atoms with Gasteiger partial charge in [-0.25, -0.2) is 0 Å². The summed E-state index contributed by atoms with van der Waals surface area (Å²) in [6.07, 6.45) is 0. The normalized spacial score (nSPS) is 1.60. The summed E-state index contributed by atoms with van der Waals surface area (Å²) in [5.41, 5.74) is 0. The van der Waals surface area contributed by atoms with Gasteiger partial charge in [-0.1, -0.05) is 0 Å². The van der Waals surface area contributed by atoms with Crippen LogP contribution in [0.3, 0.4) is 0 Å². The van der Waals surface area contributed by atoms with Gasteiger partial charge in [0.15, 0.2) is 0 Å². The zero-order chi connectivity index (χ0) is 4.00. The Morgan fingerprint density at radius 1 is 0.800 bits per heavy atom. The molecule has 0 aromatic heterocycles. The van der Waals surface area contributed by atoms with Crippen molar-refractivity contribution in [3.8, 4) is 0 Å². The van der Waals surface area contributed by atoms with Crippen molar-refractivity contribution in [3.05, 3.63) is 0 Å². The van der Waals surface area contributed by atoms with Gasteiger partial charge in [-0.3, -0.25) is 0 Å². The molecule has 0 saturated heterocycles. The van der Waals surface area contributed by atoms with E-state index in [0.717, 1.165) is 0 Å². The molecule has 0 aliphatic rings. The number of hydrogen-bond donors (Lipinski definition) is 0. The van der Waals surface area contributed by atoms with E-state index in [1.54, 1.807) is 85.6 Å². The first-order valence-electron chi connectivity index (χ1n) is 0.309.